The molecule has 0 saturated heterocycles. The van der Waals surface area contributed by atoms with Crippen molar-refractivity contribution in [2.75, 3.05) is 5.75 Å². The molecule has 0 aliphatic carbocycles. The van der Waals surface area contributed by atoms with Crippen molar-refractivity contribution >= 4 is 40.6 Å². The summed E-state index contributed by atoms with van der Waals surface area (Å²) < 4.78 is 18.1. The zero-order chi connectivity index (χ0) is 5.86. The van der Waals surface area contributed by atoms with Gasteiger partial charge in [-0.15, -0.1) is 0 Å². The minimum atomic E-state index is -1.60. The molecular formula is C4H11NaO2S. The van der Waals surface area contributed by atoms with Gasteiger partial charge in [-0.05, 0) is 5.92 Å². The van der Waals surface area contributed by atoms with Gasteiger partial charge in [-0.1, -0.05) is 13.8 Å². The molecule has 4 heteroatoms. The summed E-state index contributed by atoms with van der Waals surface area (Å²) in [5, 5.41) is 0. The first-order chi connectivity index (χ1) is 3.13. The maximum atomic E-state index is 9.92. The van der Waals surface area contributed by atoms with Gasteiger partial charge in [0.1, 0.15) is 0 Å². The fraction of sp³-hybridized carbons (Fsp3) is 1.00. The van der Waals surface area contributed by atoms with Gasteiger partial charge in [0.05, 0.1) is 5.75 Å². The fourth-order valence-corrected chi connectivity index (χ4v) is 0.855. The summed E-state index contributed by atoms with van der Waals surface area (Å²) in [6.45, 7) is 3.82. The number of rotatable bonds is 2. The molecule has 0 heterocycles. The van der Waals surface area contributed by atoms with E-state index in [1.807, 2.05) is 13.8 Å². The molecule has 1 atom stereocenters. The summed E-state index contributed by atoms with van der Waals surface area (Å²) in [5.41, 5.74) is 0. The monoisotopic (exact) mass is 146 g/mol. The van der Waals surface area contributed by atoms with Crippen molar-refractivity contribution in [3.63, 3.8) is 0 Å². The number of hydrogen-bond donors (Lipinski definition) is 1. The summed E-state index contributed by atoms with van der Waals surface area (Å²) in [5.74, 6) is 0.714. The van der Waals surface area contributed by atoms with Crippen LogP contribution in [0.5, 0.6) is 0 Å². The summed E-state index contributed by atoms with van der Waals surface area (Å²) in [6.07, 6.45) is 0. The molecule has 1 N–H and O–H groups in total. The first-order valence-corrected chi connectivity index (χ1v) is 3.48. The average molecular weight is 146 g/mol. The van der Waals surface area contributed by atoms with Crippen LogP contribution in [0.15, 0.2) is 0 Å². The molecule has 0 saturated carbocycles. The second-order valence-corrected chi connectivity index (χ2v) is 2.86. The third-order valence-corrected chi connectivity index (χ3v) is 1.43. The number of hydrogen-bond acceptors (Lipinski definition) is 1. The van der Waals surface area contributed by atoms with Crippen LogP contribution in [0.4, 0.5) is 0 Å². The summed E-state index contributed by atoms with van der Waals surface area (Å²) >= 11 is -1.60. The molecule has 0 aromatic heterocycles. The van der Waals surface area contributed by atoms with Crippen LogP contribution < -0.4 is 0 Å². The van der Waals surface area contributed by atoms with E-state index in [0.717, 1.165) is 0 Å². The second kappa shape index (κ2) is 6.23. The van der Waals surface area contributed by atoms with Gasteiger partial charge >= 0.3 is 29.6 Å². The summed E-state index contributed by atoms with van der Waals surface area (Å²) in [7, 11) is 0. The van der Waals surface area contributed by atoms with Crippen molar-refractivity contribution in [2.45, 2.75) is 13.8 Å². The third-order valence-electron chi connectivity index (χ3n) is 0.476. The molecule has 1 unspecified atom stereocenters. The van der Waals surface area contributed by atoms with E-state index in [2.05, 4.69) is 0 Å². The Hall–Kier alpha value is 1.11. The van der Waals surface area contributed by atoms with E-state index in [0.29, 0.717) is 11.7 Å². The molecule has 0 fully saturated rings. The van der Waals surface area contributed by atoms with E-state index in [4.69, 9.17) is 4.55 Å². The Bertz CT molecular complexity index is 74.4. The van der Waals surface area contributed by atoms with Crippen molar-refractivity contribution in [1.29, 1.82) is 0 Å². The molecule has 0 radical (unpaired) electrons. The van der Waals surface area contributed by atoms with Gasteiger partial charge in [0.25, 0.3) is 0 Å². The van der Waals surface area contributed by atoms with Crippen LogP contribution in [-0.4, -0.2) is 44.1 Å². The van der Waals surface area contributed by atoms with Crippen molar-refractivity contribution in [3.8, 4) is 0 Å². The molecule has 0 aromatic rings. The van der Waals surface area contributed by atoms with E-state index < -0.39 is 11.1 Å². The predicted octanol–water partition coefficient (Wildman–Crippen LogP) is 0.216. The fourth-order valence-electron chi connectivity index (χ4n) is 0.285. The van der Waals surface area contributed by atoms with Crippen LogP contribution in [0.2, 0.25) is 0 Å². The standard InChI is InChI=1S/C4H10O2S.Na.H/c1-4(2)3-7(5)6;;/h4H,3H2,1-2H3,(H,5,6);;. The molecule has 0 bridgehead atoms. The summed E-state index contributed by atoms with van der Waals surface area (Å²) in [4.78, 5) is 0. The second-order valence-electron chi connectivity index (χ2n) is 1.88. The maximum absolute atomic E-state index is 9.92. The summed E-state index contributed by atoms with van der Waals surface area (Å²) in [6, 6.07) is 0. The Balaban J connectivity index is 0. The van der Waals surface area contributed by atoms with Crippen molar-refractivity contribution in [2.24, 2.45) is 5.92 Å². The quantitative estimate of drug-likeness (QED) is 0.447. The predicted molar refractivity (Wildman–Crippen MR) is 37.6 cm³/mol. The first kappa shape index (κ1) is 11.9. The Morgan fingerprint density at radius 2 is 2.00 bits per heavy atom. The topological polar surface area (TPSA) is 37.3 Å². The molecular weight excluding hydrogens is 135 g/mol. The van der Waals surface area contributed by atoms with Gasteiger partial charge in [-0.3, -0.25) is 0 Å². The van der Waals surface area contributed by atoms with Crippen molar-refractivity contribution in [3.05, 3.63) is 0 Å². The van der Waals surface area contributed by atoms with Crippen LogP contribution in [0.25, 0.3) is 0 Å². The molecule has 2 nitrogen and oxygen atoms in total. The average Bonchev–Trinajstić information content (AvgIpc) is 1.27. The molecule has 46 valence electrons. The van der Waals surface area contributed by atoms with Crippen LogP contribution in [0.1, 0.15) is 13.8 Å². The molecule has 0 aromatic carbocycles. The van der Waals surface area contributed by atoms with E-state index >= 15 is 0 Å². The molecule has 8 heavy (non-hydrogen) atoms. The van der Waals surface area contributed by atoms with Crippen LogP contribution in [0, 0.1) is 5.92 Å². The minimum absolute atomic E-state index is 0. The zero-order valence-corrected chi connectivity index (χ0v) is 5.36. The molecule has 0 spiro atoms. The van der Waals surface area contributed by atoms with Gasteiger partial charge in [0, 0.05) is 0 Å². The van der Waals surface area contributed by atoms with E-state index in [-0.39, 0.29) is 29.6 Å². The Morgan fingerprint density at radius 3 is 2.00 bits per heavy atom. The molecule has 0 aliphatic rings. The Labute approximate surface area is 74.6 Å². The molecule has 0 aliphatic heterocycles. The van der Waals surface area contributed by atoms with E-state index in [1.165, 1.54) is 0 Å². The van der Waals surface area contributed by atoms with Gasteiger partial charge in [-0.25, -0.2) is 4.21 Å². The van der Waals surface area contributed by atoms with Gasteiger partial charge in [0.15, 0.2) is 11.1 Å². The Morgan fingerprint density at radius 1 is 1.62 bits per heavy atom. The zero-order valence-electron chi connectivity index (χ0n) is 4.55. The van der Waals surface area contributed by atoms with Crippen LogP contribution in [-0.2, 0) is 11.1 Å². The van der Waals surface area contributed by atoms with Crippen molar-refractivity contribution in [1.82, 2.24) is 0 Å². The first-order valence-electron chi connectivity index (χ1n) is 2.20. The Kier molecular flexibility index (Phi) is 9.24. The third kappa shape index (κ3) is 10.2. The SMILES string of the molecule is CC(C)CS(=O)O.[NaH]. The molecule has 0 rings (SSSR count). The normalized spacial score (nSPS) is 13.0. The van der Waals surface area contributed by atoms with Gasteiger partial charge < -0.3 is 4.55 Å². The van der Waals surface area contributed by atoms with Gasteiger partial charge in [-0.2, -0.15) is 0 Å². The molecule has 0 amide bonds. The van der Waals surface area contributed by atoms with Crippen LogP contribution >= 0.6 is 0 Å². The van der Waals surface area contributed by atoms with E-state index in [9.17, 15) is 4.21 Å². The van der Waals surface area contributed by atoms with Crippen LogP contribution in [0.3, 0.4) is 0 Å². The van der Waals surface area contributed by atoms with Crippen molar-refractivity contribution < 1.29 is 8.76 Å². The van der Waals surface area contributed by atoms with Gasteiger partial charge in [0.2, 0.25) is 0 Å². The van der Waals surface area contributed by atoms with E-state index in [1.54, 1.807) is 0 Å².